The summed E-state index contributed by atoms with van der Waals surface area (Å²) in [6, 6.07) is 8.00. The maximum atomic E-state index is 12.1. The van der Waals surface area contributed by atoms with Crippen LogP contribution in [0.4, 0.5) is 5.95 Å². The van der Waals surface area contributed by atoms with E-state index in [1.54, 1.807) is 25.3 Å². The first-order valence-electron chi connectivity index (χ1n) is 6.13. The van der Waals surface area contributed by atoms with Crippen LogP contribution in [0.25, 0.3) is 0 Å². The zero-order chi connectivity index (χ0) is 15.1. The molecule has 1 aromatic heterocycles. The Labute approximate surface area is 123 Å². The molecule has 2 aromatic rings. The van der Waals surface area contributed by atoms with Crippen molar-refractivity contribution in [3.05, 3.63) is 42.7 Å². The predicted octanol–water partition coefficient (Wildman–Crippen LogP) is 1.30. The Kier molecular flexibility index (Phi) is 5.07. The van der Waals surface area contributed by atoms with Crippen LogP contribution >= 0.6 is 0 Å². The number of benzene rings is 1. The van der Waals surface area contributed by atoms with Gasteiger partial charge in [0.1, 0.15) is 6.61 Å². The lowest BCUT2D eigenvalue weighted by molar-refractivity contribution is 0.146. The van der Waals surface area contributed by atoms with Gasteiger partial charge in [-0.2, -0.15) is 0 Å². The average molecular weight is 309 g/mol. The topological polar surface area (TPSA) is 90.4 Å². The Morgan fingerprint density at radius 1 is 1.10 bits per heavy atom. The fraction of sp³-hybridized carbons (Fsp3) is 0.231. The van der Waals surface area contributed by atoms with Crippen LogP contribution in [0.5, 0.6) is 5.75 Å². The van der Waals surface area contributed by atoms with Crippen LogP contribution in [-0.4, -0.2) is 38.7 Å². The summed E-state index contributed by atoms with van der Waals surface area (Å²) < 4.78 is 36.5. The van der Waals surface area contributed by atoms with Crippen LogP contribution in [0.15, 0.2) is 47.6 Å². The van der Waals surface area contributed by atoms with Gasteiger partial charge in [0.25, 0.3) is 10.0 Å². The molecule has 0 fully saturated rings. The van der Waals surface area contributed by atoms with E-state index in [1.807, 2.05) is 0 Å². The monoisotopic (exact) mass is 309 g/mol. The van der Waals surface area contributed by atoms with Crippen molar-refractivity contribution in [3.63, 3.8) is 0 Å². The van der Waals surface area contributed by atoms with Gasteiger partial charge in [-0.25, -0.2) is 23.1 Å². The second-order valence-corrected chi connectivity index (χ2v) is 5.68. The molecule has 0 radical (unpaired) electrons. The van der Waals surface area contributed by atoms with Gasteiger partial charge in [-0.15, -0.1) is 0 Å². The minimum atomic E-state index is -3.68. The molecule has 21 heavy (non-hydrogen) atoms. The van der Waals surface area contributed by atoms with E-state index in [-0.39, 0.29) is 10.8 Å². The van der Waals surface area contributed by atoms with Crippen LogP contribution in [-0.2, 0) is 14.8 Å². The first-order valence-corrected chi connectivity index (χ1v) is 7.62. The Bertz CT molecular complexity index is 660. The number of nitrogens with zero attached hydrogens (tertiary/aromatic N) is 2. The second kappa shape index (κ2) is 7.00. The van der Waals surface area contributed by atoms with E-state index in [1.165, 1.54) is 24.5 Å². The highest BCUT2D eigenvalue weighted by molar-refractivity contribution is 7.92. The number of aromatic nitrogens is 2. The maximum absolute atomic E-state index is 12.1. The smallest absolute Gasteiger partial charge is 0.264 e. The molecule has 1 heterocycles. The van der Waals surface area contributed by atoms with E-state index in [4.69, 9.17) is 9.47 Å². The van der Waals surface area contributed by atoms with Crippen molar-refractivity contribution in [3.8, 4) is 5.75 Å². The summed E-state index contributed by atoms with van der Waals surface area (Å²) in [5, 5.41) is 0. The van der Waals surface area contributed by atoms with Crippen molar-refractivity contribution in [2.24, 2.45) is 0 Å². The van der Waals surface area contributed by atoms with Gasteiger partial charge in [0, 0.05) is 7.11 Å². The first kappa shape index (κ1) is 15.2. The van der Waals surface area contributed by atoms with E-state index in [0.29, 0.717) is 19.0 Å². The van der Waals surface area contributed by atoms with E-state index in [9.17, 15) is 8.42 Å². The van der Waals surface area contributed by atoms with Gasteiger partial charge in [0.05, 0.1) is 23.9 Å². The molecule has 8 heteroatoms. The molecule has 0 saturated heterocycles. The van der Waals surface area contributed by atoms with Crippen molar-refractivity contribution in [1.29, 1.82) is 0 Å². The molecular weight excluding hydrogens is 294 g/mol. The number of hydrogen-bond acceptors (Lipinski definition) is 6. The molecule has 0 aliphatic heterocycles. The summed E-state index contributed by atoms with van der Waals surface area (Å²) in [7, 11) is -2.11. The number of hydrogen-bond donors (Lipinski definition) is 1. The van der Waals surface area contributed by atoms with Crippen molar-refractivity contribution in [2.45, 2.75) is 4.90 Å². The zero-order valence-electron chi connectivity index (χ0n) is 11.4. The fourth-order valence-corrected chi connectivity index (χ4v) is 2.44. The molecule has 7 nitrogen and oxygen atoms in total. The summed E-state index contributed by atoms with van der Waals surface area (Å²) in [5.74, 6) is 0.424. The van der Waals surface area contributed by atoms with Crippen molar-refractivity contribution < 1.29 is 17.9 Å². The Morgan fingerprint density at radius 2 is 1.76 bits per heavy atom. The third-order valence-electron chi connectivity index (χ3n) is 2.46. The van der Waals surface area contributed by atoms with Crippen LogP contribution in [0, 0.1) is 0 Å². The van der Waals surface area contributed by atoms with Gasteiger partial charge in [0.15, 0.2) is 5.75 Å². The van der Waals surface area contributed by atoms with Gasteiger partial charge in [0.2, 0.25) is 5.95 Å². The normalized spacial score (nSPS) is 11.1. The molecule has 1 aromatic carbocycles. The molecule has 0 aliphatic carbocycles. The lowest BCUT2D eigenvalue weighted by Crippen LogP contribution is -2.15. The number of sulfonamides is 1. The van der Waals surface area contributed by atoms with Gasteiger partial charge >= 0.3 is 0 Å². The van der Waals surface area contributed by atoms with Crippen LogP contribution in [0.2, 0.25) is 0 Å². The highest BCUT2D eigenvalue weighted by Gasteiger charge is 2.14. The Morgan fingerprint density at radius 3 is 2.38 bits per heavy atom. The molecule has 0 unspecified atom stereocenters. The minimum absolute atomic E-state index is 0.0158. The number of rotatable bonds is 7. The molecule has 2 rings (SSSR count). The average Bonchev–Trinajstić information content (AvgIpc) is 2.50. The van der Waals surface area contributed by atoms with Crippen molar-refractivity contribution >= 4 is 16.0 Å². The molecular formula is C13H15N3O4S. The van der Waals surface area contributed by atoms with Crippen LogP contribution in [0.1, 0.15) is 0 Å². The molecule has 0 saturated carbocycles. The summed E-state index contributed by atoms with van der Waals surface area (Å²) in [4.78, 5) is 7.95. The van der Waals surface area contributed by atoms with E-state index in [2.05, 4.69) is 14.7 Å². The summed E-state index contributed by atoms with van der Waals surface area (Å²) in [6.07, 6.45) is 2.79. The molecule has 0 bridgehead atoms. The van der Waals surface area contributed by atoms with Gasteiger partial charge < -0.3 is 9.47 Å². The Balaban J connectivity index is 2.03. The van der Waals surface area contributed by atoms with E-state index >= 15 is 0 Å². The molecule has 0 spiro atoms. The maximum Gasteiger partial charge on any atom is 0.264 e. The van der Waals surface area contributed by atoms with Gasteiger partial charge in [-0.1, -0.05) is 18.2 Å². The number of nitrogens with one attached hydrogen (secondary N) is 1. The summed E-state index contributed by atoms with van der Waals surface area (Å²) >= 11 is 0. The summed E-state index contributed by atoms with van der Waals surface area (Å²) in [5.41, 5.74) is 0. The van der Waals surface area contributed by atoms with E-state index in [0.717, 1.165) is 0 Å². The van der Waals surface area contributed by atoms with Crippen LogP contribution in [0.3, 0.4) is 0 Å². The SMILES string of the molecule is COCCOc1cnc(NS(=O)(=O)c2ccccc2)nc1. The lowest BCUT2D eigenvalue weighted by atomic mass is 10.4. The number of methoxy groups -OCH3 is 1. The minimum Gasteiger partial charge on any atom is -0.488 e. The lowest BCUT2D eigenvalue weighted by Gasteiger charge is -2.07. The molecule has 0 amide bonds. The highest BCUT2D eigenvalue weighted by Crippen LogP contribution is 2.14. The summed E-state index contributed by atoms with van der Waals surface area (Å²) in [6.45, 7) is 0.817. The highest BCUT2D eigenvalue weighted by atomic mass is 32.2. The van der Waals surface area contributed by atoms with E-state index < -0.39 is 10.0 Å². The predicted molar refractivity (Wildman–Crippen MR) is 76.7 cm³/mol. The molecule has 0 aliphatic rings. The van der Waals surface area contributed by atoms with Gasteiger partial charge in [-0.3, -0.25) is 0 Å². The number of anilines is 1. The molecule has 112 valence electrons. The molecule has 1 N–H and O–H groups in total. The Hall–Kier alpha value is -2.19. The zero-order valence-corrected chi connectivity index (χ0v) is 12.2. The molecule has 0 atom stereocenters. The van der Waals surface area contributed by atoms with Crippen molar-refractivity contribution in [2.75, 3.05) is 25.0 Å². The largest absolute Gasteiger partial charge is 0.488 e. The number of ether oxygens (including phenoxy) is 2. The fourth-order valence-electron chi connectivity index (χ4n) is 1.47. The van der Waals surface area contributed by atoms with Gasteiger partial charge in [-0.05, 0) is 12.1 Å². The third-order valence-corrected chi connectivity index (χ3v) is 3.81. The standard InChI is InChI=1S/C13H15N3O4S/c1-19-7-8-20-11-9-14-13(15-10-11)16-21(17,18)12-5-3-2-4-6-12/h2-6,9-10H,7-8H2,1H3,(H,14,15,16). The quantitative estimate of drug-likeness (QED) is 0.775. The van der Waals surface area contributed by atoms with Crippen molar-refractivity contribution in [1.82, 2.24) is 9.97 Å². The first-order chi connectivity index (χ1) is 10.1. The second-order valence-electron chi connectivity index (χ2n) is 4.00. The van der Waals surface area contributed by atoms with Crippen LogP contribution < -0.4 is 9.46 Å². The third kappa shape index (κ3) is 4.40.